The molecule has 144 valence electrons. The van der Waals surface area contributed by atoms with E-state index in [0.717, 1.165) is 35.5 Å². The summed E-state index contributed by atoms with van der Waals surface area (Å²) in [5, 5.41) is 0. The van der Waals surface area contributed by atoms with Crippen molar-refractivity contribution >= 4 is 12.2 Å². The Kier molecular flexibility index (Phi) is 7.24. The van der Waals surface area contributed by atoms with Crippen molar-refractivity contribution in [3.8, 4) is 5.75 Å². The summed E-state index contributed by atoms with van der Waals surface area (Å²) in [6.45, 7) is 0.375. The normalized spacial score (nSPS) is 15.6. The smallest absolute Gasteiger partial charge is 0.231 e. The maximum absolute atomic E-state index is 13.3. The molecule has 1 amide bonds. The third-order valence-electron chi connectivity index (χ3n) is 4.91. The molecule has 0 heterocycles. The highest BCUT2D eigenvalue weighted by atomic mass is 16.5. The molecule has 2 aromatic carbocycles. The van der Waals surface area contributed by atoms with Gasteiger partial charge in [-0.05, 0) is 61.8 Å². The monoisotopic (exact) mass is 375 g/mol. The second-order valence-corrected chi connectivity index (χ2v) is 6.83. The molecule has 0 bridgehead atoms. The van der Waals surface area contributed by atoms with Crippen LogP contribution in [0.5, 0.6) is 5.75 Å². The molecule has 4 radical (unpaired) electrons. The Morgan fingerprint density at radius 1 is 1.11 bits per heavy atom. The number of amides is 1. The van der Waals surface area contributed by atoms with Gasteiger partial charge in [0.25, 0.3) is 0 Å². The predicted molar refractivity (Wildman–Crippen MR) is 109 cm³/mol. The van der Waals surface area contributed by atoms with Crippen LogP contribution in [-0.4, -0.2) is 30.2 Å². The molecular formula is C24H25NO3. The SMILES string of the molecule is COc1ccc(CN(C(=O)[C]2[CH][CH][CH]CC2)[C@H](C=O)Cc2ccccc2)cc1. The highest BCUT2D eigenvalue weighted by Crippen LogP contribution is 2.27. The minimum atomic E-state index is -0.524. The van der Waals surface area contributed by atoms with Crippen LogP contribution in [0.25, 0.3) is 0 Å². The average molecular weight is 375 g/mol. The molecule has 1 aliphatic rings. The van der Waals surface area contributed by atoms with Gasteiger partial charge in [-0.15, -0.1) is 0 Å². The van der Waals surface area contributed by atoms with Crippen LogP contribution < -0.4 is 4.74 Å². The van der Waals surface area contributed by atoms with E-state index < -0.39 is 6.04 Å². The van der Waals surface area contributed by atoms with Crippen molar-refractivity contribution in [2.24, 2.45) is 0 Å². The zero-order valence-electron chi connectivity index (χ0n) is 16.1. The van der Waals surface area contributed by atoms with Crippen LogP contribution in [-0.2, 0) is 22.6 Å². The van der Waals surface area contributed by atoms with E-state index in [1.165, 1.54) is 0 Å². The topological polar surface area (TPSA) is 46.6 Å². The predicted octanol–water partition coefficient (Wildman–Crippen LogP) is 3.82. The van der Waals surface area contributed by atoms with E-state index in [2.05, 4.69) is 0 Å². The maximum atomic E-state index is 13.3. The summed E-state index contributed by atoms with van der Waals surface area (Å²) < 4.78 is 5.21. The number of nitrogens with zero attached hydrogens (tertiary/aromatic N) is 1. The van der Waals surface area contributed by atoms with E-state index in [1.807, 2.05) is 73.9 Å². The molecule has 0 saturated heterocycles. The van der Waals surface area contributed by atoms with Crippen molar-refractivity contribution in [3.63, 3.8) is 0 Å². The molecule has 28 heavy (non-hydrogen) atoms. The molecule has 0 unspecified atom stereocenters. The third kappa shape index (κ3) is 5.22. The Morgan fingerprint density at radius 2 is 1.86 bits per heavy atom. The Balaban J connectivity index is 1.82. The lowest BCUT2D eigenvalue weighted by Crippen LogP contribution is -2.45. The molecule has 1 aliphatic carbocycles. The highest BCUT2D eigenvalue weighted by Gasteiger charge is 2.31. The fraction of sp³-hybridized carbons (Fsp3) is 0.250. The van der Waals surface area contributed by atoms with E-state index >= 15 is 0 Å². The molecule has 0 spiro atoms. The minimum Gasteiger partial charge on any atom is -0.497 e. The number of hydrogen-bond donors (Lipinski definition) is 0. The fourth-order valence-electron chi connectivity index (χ4n) is 3.32. The standard InChI is InChI=1S/C24H25NO3/c1-28-23-14-12-20(13-15-23)17-25(24(27)21-10-6-3-7-11-21)22(18-26)16-19-8-4-2-5-9-19/h2-6,8-10,12-15,18,22H,7,11,16-17H2,1H3/t22-/m0/s1. The quantitative estimate of drug-likeness (QED) is 0.659. The van der Waals surface area contributed by atoms with Crippen LogP contribution in [0.1, 0.15) is 24.0 Å². The zero-order chi connectivity index (χ0) is 19.8. The van der Waals surface area contributed by atoms with Gasteiger partial charge < -0.3 is 14.4 Å². The van der Waals surface area contributed by atoms with Crippen molar-refractivity contribution in [2.45, 2.75) is 31.8 Å². The lowest BCUT2D eigenvalue weighted by atomic mass is 9.87. The van der Waals surface area contributed by atoms with Crippen molar-refractivity contribution < 1.29 is 14.3 Å². The van der Waals surface area contributed by atoms with Crippen LogP contribution in [0.3, 0.4) is 0 Å². The lowest BCUT2D eigenvalue weighted by molar-refractivity contribution is -0.135. The minimum absolute atomic E-state index is 0.0757. The molecule has 3 rings (SSSR count). The second-order valence-electron chi connectivity index (χ2n) is 6.83. The van der Waals surface area contributed by atoms with Gasteiger partial charge in [0.15, 0.2) is 0 Å². The molecule has 1 atom stereocenters. The number of benzene rings is 2. The molecule has 0 aliphatic heterocycles. The first-order chi connectivity index (χ1) is 13.7. The highest BCUT2D eigenvalue weighted by molar-refractivity contribution is 5.94. The zero-order valence-corrected chi connectivity index (χ0v) is 16.1. The van der Waals surface area contributed by atoms with Gasteiger partial charge in [-0.3, -0.25) is 4.79 Å². The average Bonchev–Trinajstić information content (AvgIpc) is 2.77. The summed E-state index contributed by atoms with van der Waals surface area (Å²) in [5.74, 6) is 1.43. The maximum Gasteiger partial charge on any atom is 0.231 e. The fourth-order valence-corrected chi connectivity index (χ4v) is 3.32. The van der Waals surface area contributed by atoms with Gasteiger partial charge >= 0.3 is 0 Å². The van der Waals surface area contributed by atoms with E-state index in [1.54, 1.807) is 12.0 Å². The number of aldehydes is 1. The molecule has 0 N–H and O–H groups in total. The van der Waals surface area contributed by atoms with Gasteiger partial charge in [-0.2, -0.15) is 0 Å². The molecule has 4 heteroatoms. The van der Waals surface area contributed by atoms with Crippen LogP contribution in [0.4, 0.5) is 0 Å². The van der Waals surface area contributed by atoms with Gasteiger partial charge in [-0.25, -0.2) is 0 Å². The Morgan fingerprint density at radius 3 is 2.46 bits per heavy atom. The molecule has 4 nitrogen and oxygen atoms in total. The van der Waals surface area contributed by atoms with Crippen LogP contribution in [0.15, 0.2) is 54.6 Å². The molecule has 1 fully saturated rings. The summed E-state index contributed by atoms with van der Waals surface area (Å²) in [6.07, 6.45) is 8.74. The molecular weight excluding hydrogens is 350 g/mol. The van der Waals surface area contributed by atoms with Crippen LogP contribution in [0, 0.1) is 25.2 Å². The summed E-state index contributed by atoms with van der Waals surface area (Å²) in [4.78, 5) is 26.9. The molecule has 2 aromatic rings. The summed E-state index contributed by atoms with van der Waals surface area (Å²) in [5.41, 5.74) is 1.99. The summed E-state index contributed by atoms with van der Waals surface area (Å²) in [7, 11) is 1.62. The van der Waals surface area contributed by atoms with E-state index in [0.29, 0.717) is 19.4 Å². The number of ether oxygens (including phenoxy) is 1. The van der Waals surface area contributed by atoms with Gasteiger partial charge in [0.1, 0.15) is 12.0 Å². The number of hydrogen-bond acceptors (Lipinski definition) is 3. The largest absolute Gasteiger partial charge is 0.497 e. The third-order valence-corrected chi connectivity index (χ3v) is 4.91. The Labute approximate surface area is 167 Å². The van der Waals surface area contributed by atoms with Crippen molar-refractivity contribution in [1.82, 2.24) is 4.90 Å². The van der Waals surface area contributed by atoms with E-state index in [4.69, 9.17) is 4.74 Å². The Bertz CT molecular complexity index is 751. The van der Waals surface area contributed by atoms with Crippen LogP contribution in [0.2, 0.25) is 0 Å². The number of rotatable bonds is 8. The van der Waals surface area contributed by atoms with Crippen molar-refractivity contribution in [2.75, 3.05) is 7.11 Å². The van der Waals surface area contributed by atoms with Gasteiger partial charge in [0, 0.05) is 6.54 Å². The lowest BCUT2D eigenvalue weighted by Gasteiger charge is -2.33. The number of carbonyl (C=O) groups excluding carboxylic acids is 2. The van der Waals surface area contributed by atoms with Gasteiger partial charge in [0.2, 0.25) is 5.91 Å². The first-order valence-electron chi connectivity index (χ1n) is 9.50. The van der Waals surface area contributed by atoms with E-state index in [-0.39, 0.29) is 5.91 Å². The molecule has 1 saturated carbocycles. The number of carbonyl (C=O) groups is 2. The van der Waals surface area contributed by atoms with Crippen molar-refractivity contribution in [1.29, 1.82) is 0 Å². The Hall–Kier alpha value is -2.62. The van der Waals surface area contributed by atoms with Crippen molar-refractivity contribution in [3.05, 3.63) is 90.9 Å². The van der Waals surface area contributed by atoms with Gasteiger partial charge in [-0.1, -0.05) is 42.5 Å². The first kappa shape index (κ1) is 20.1. The molecule has 0 aromatic heterocycles. The van der Waals surface area contributed by atoms with Gasteiger partial charge in [0.05, 0.1) is 19.1 Å². The first-order valence-corrected chi connectivity index (χ1v) is 9.50. The van der Waals surface area contributed by atoms with Crippen LogP contribution >= 0.6 is 0 Å². The number of methoxy groups -OCH3 is 1. The second kappa shape index (κ2) is 10.1. The summed E-state index contributed by atoms with van der Waals surface area (Å²) >= 11 is 0. The summed E-state index contributed by atoms with van der Waals surface area (Å²) in [6, 6.07) is 16.9. The van der Waals surface area contributed by atoms with E-state index in [9.17, 15) is 9.59 Å².